The average molecular weight is 387 g/mol. The Bertz CT molecular complexity index is 614. The number of halogens is 1. The second kappa shape index (κ2) is 9.34. The van der Waals surface area contributed by atoms with E-state index >= 15 is 0 Å². The Hall–Kier alpha value is -1.64. The molecule has 9 heteroatoms. The molecule has 2 amide bonds. The minimum Gasteiger partial charge on any atom is -0.379 e. The third kappa shape index (κ3) is 5.96. The third-order valence-electron chi connectivity index (χ3n) is 4.22. The molecule has 1 aromatic rings. The van der Waals surface area contributed by atoms with Gasteiger partial charge in [-0.1, -0.05) is 5.16 Å². The van der Waals surface area contributed by atoms with Crippen LogP contribution < -0.4 is 5.32 Å². The molecule has 1 N–H and O–H groups in total. The number of carbonyl (C=O) groups excluding carboxylic acids is 2. The van der Waals surface area contributed by atoms with Crippen LogP contribution in [0.4, 0.5) is 5.82 Å². The number of nitrogens with one attached hydrogen (secondary N) is 1. The van der Waals surface area contributed by atoms with Crippen molar-refractivity contribution in [3.05, 3.63) is 11.8 Å². The van der Waals surface area contributed by atoms with E-state index in [4.69, 9.17) is 20.9 Å². The molecule has 8 nitrogen and oxygen atoms in total. The van der Waals surface area contributed by atoms with Gasteiger partial charge in [0.15, 0.2) is 5.82 Å². The van der Waals surface area contributed by atoms with Gasteiger partial charge in [-0.05, 0) is 20.8 Å². The molecule has 1 saturated heterocycles. The van der Waals surface area contributed by atoms with Crippen LogP contribution in [0.5, 0.6) is 0 Å². The van der Waals surface area contributed by atoms with Gasteiger partial charge in [0.25, 0.3) is 0 Å². The predicted molar refractivity (Wildman–Crippen MR) is 98.2 cm³/mol. The van der Waals surface area contributed by atoms with Crippen molar-refractivity contribution < 1.29 is 18.8 Å². The molecule has 1 aliphatic heterocycles. The maximum absolute atomic E-state index is 12.8. The van der Waals surface area contributed by atoms with Crippen molar-refractivity contribution >= 4 is 29.2 Å². The van der Waals surface area contributed by atoms with E-state index in [0.29, 0.717) is 37.9 Å². The van der Waals surface area contributed by atoms with Gasteiger partial charge >= 0.3 is 0 Å². The normalized spacial score (nSPS) is 15.7. The number of hydrogen-bond acceptors (Lipinski definition) is 6. The van der Waals surface area contributed by atoms with Gasteiger partial charge in [0.2, 0.25) is 11.8 Å². The van der Waals surface area contributed by atoms with Gasteiger partial charge in [-0.15, -0.1) is 11.6 Å². The smallest absolute Gasteiger partial charge is 0.245 e. The van der Waals surface area contributed by atoms with Crippen molar-refractivity contribution in [2.24, 2.45) is 5.41 Å². The van der Waals surface area contributed by atoms with Crippen LogP contribution in [0.3, 0.4) is 0 Å². The second-order valence-corrected chi connectivity index (χ2v) is 7.34. The predicted octanol–water partition coefficient (Wildman–Crippen LogP) is 1.35. The first-order valence-corrected chi connectivity index (χ1v) is 9.24. The van der Waals surface area contributed by atoms with Gasteiger partial charge in [0.05, 0.1) is 25.2 Å². The number of amides is 2. The van der Waals surface area contributed by atoms with E-state index < -0.39 is 5.41 Å². The minimum atomic E-state index is -0.739. The quantitative estimate of drug-likeness (QED) is 0.678. The van der Waals surface area contributed by atoms with E-state index in [0.717, 1.165) is 13.1 Å². The molecule has 0 aromatic carbocycles. The van der Waals surface area contributed by atoms with Crippen molar-refractivity contribution in [3.8, 4) is 0 Å². The first-order valence-electron chi connectivity index (χ1n) is 8.70. The lowest BCUT2D eigenvalue weighted by atomic mass is 9.94. The minimum absolute atomic E-state index is 0.0601. The Morgan fingerprint density at radius 2 is 2.08 bits per heavy atom. The summed E-state index contributed by atoms with van der Waals surface area (Å²) in [5.74, 6) is 0.657. The Labute approximate surface area is 158 Å². The molecule has 1 aromatic heterocycles. The Morgan fingerprint density at radius 1 is 1.38 bits per heavy atom. The molecule has 0 atom stereocenters. The van der Waals surface area contributed by atoms with Crippen molar-refractivity contribution in [3.63, 3.8) is 0 Å². The fourth-order valence-corrected chi connectivity index (χ4v) is 2.72. The van der Waals surface area contributed by atoms with Crippen LogP contribution in [-0.4, -0.2) is 78.6 Å². The number of alkyl halides is 1. The number of morpholine rings is 1. The summed E-state index contributed by atoms with van der Waals surface area (Å²) in [7, 11) is 0. The van der Waals surface area contributed by atoms with Gasteiger partial charge in [-0.25, -0.2) is 0 Å². The van der Waals surface area contributed by atoms with Crippen LogP contribution in [-0.2, 0) is 14.3 Å². The monoisotopic (exact) mass is 386 g/mol. The molecule has 0 radical (unpaired) electrons. The Morgan fingerprint density at radius 3 is 2.65 bits per heavy atom. The highest BCUT2D eigenvalue weighted by Crippen LogP contribution is 2.21. The molecule has 1 aliphatic rings. The van der Waals surface area contributed by atoms with Gasteiger partial charge in [0, 0.05) is 38.1 Å². The fraction of sp³-hybridized carbons (Fsp3) is 0.706. The standard InChI is InChI=1S/C17H27ClN4O4/c1-13-10-14(20-26-13)19-15(23)11-22(16(24)17(2,3)12-18)5-4-21-6-8-25-9-7-21/h10H,4-9,11-12H2,1-3H3,(H,19,20,23). The van der Waals surface area contributed by atoms with Crippen molar-refractivity contribution in [2.75, 3.05) is 57.1 Å². The van der Waals surface area contributed by atoms with Gasteiger partial charge in [-0.2, -0.15) is 0 Å². The topological polar surface area (TPSA) is 87.9 Å². The summed E-state index contributed by atoms with van der Waals surface area (Å²) < 4.78 is 10.3. The summed E-state index contributed by atoms with van der Waals surface area (Å²) in [5.41, 5.74) is -0.739. The number of ether oxygens (including phenoxy) is 1. The van der Waals surface area contributed by atoms with Crippen molar-refractivity contribution in [1.29, 1.82) is 0 Å². The molecule has 2 rings (SSSR count). The zero-order valence-electron chi connectivity index (χ0n) is 15.6. The third-order valence-corrected chi connectivity index (χ3v) is 4.89. The summed E-state index contributed by atoms with van der Waals surface area (Å²) in [6.07, 6.45) is 0. The molecule has 26 heavy (non-hydrogen) atoms. The average Bonchev–Trinajstić information content (AvgIpc) is 3.03. The molecule has 2 heterocycles. The zero-order valence-corrected chi connectivity index (χ0v) is 16.3. The lowest BCUT2D eigenvalue weighted by Gasteiger charge is -2.33. The van der Waals surface area contributed by atoms with Crippen LogP contribution >= 0.6 is 11.6 Å². The fourth-order valence-electron chi connectivity index (χ4n) is 2.61. The number of carbonyl (C=O) groups is 2. The lowest BCUT2D eigenvalue weighted by molar-refractivity contribution is -0.142. The zero-order chi connectivity index (χ0) is 19.2. The number of aryl methyl sites for hydroxylation is 1. The summed E-state index contributed by atoms with van der Waals surface area (Å²) in [6.45, 7) is 9.40. The van der Waals surface area contributed by atoms with Crippen LogP contribution in [0, 0.1) is 12.3 Å². The number of anilines is 1. The number of aromatic nitrogens is 1. The van der Waals surface area contributed by atoms with E-state index in [9.17, 15) is 9.59 Å². The molecular weight excluding hydrogens is 360 g/mol. The Balaban J connectivity index is 1.98. The van der Waals surface area contributed by atoms with Crippen LogP contribution in [0.25, 0.3) is 0 Å². The molecule has 0 bridgehead atoms. The Kier molecular flexibility index (Phi) is 7.43. The largest absolute Gasteiger partial charge is 0.379 e. The summed E-state index contributed by atoms with van der Waals surface area (Å²) in [4.78, 5) is 29.0. The maximum atomic E-state index is 12.8. The SMILES string of the molecule is Cc1cc(NC(=O)CN(CCN2CCOCC2)C(=O)C(C)(C)CCl)no1. The lowest BCUT2D eigenvalue weighted by Crippen LogP contribution is -2.49. The first-order chi connectivity index (χ1) is 12.3. The van der Waals surface area contributed by atoms with Gasteiger partial charge in [-0.3, -0.25) is 14.5 Å². The summed E-state index contributed by atoms with van der Waals surface area (Å²) >= 11 is 5.95. The van der Waals surface area contributed by atoms with E-state index in [1.54, 1.807) is 31.7 Å². The molecule has 0 aliphatic carbocycles. The molecule has 146 valence electrons. The highest BCUT2D eigenvalue weighted by molar-refractivity contribution is 6.19. The molecule has 0 saturated carbocycles. The van der Waals surface area contributed by atoms with E-state index in [1.807, 2.05) is 0 Å². The van der Waals surface area contributed by atoms with Crippen molar-refractivity contribution in [2.45, 2.75) is 20.8 Å². The first kappa shape index (κ1) is 20.7. The van der Waals surface area contributed by atoms with Crippen LogP contribution in [0.2, 0.25) is 0 Å². The molecule has 1 fully saturated rings. The highest BCUT2D eigenvalue weighted by Gasteiger charge is 2.32. The van der Waals surface area contributed by atoms with Gasteiger partial charge < -0.3 is 19.5 Å². The molecular formula is C17H27ClN4O4. The summed E-state index contributed by atoms with van der Waals surface area (Å²) in [6, 6.07) is 1.63. The van der Waals surface area contributed by atoms with Crippen LogP contribution in [0.1, 0.15) is 19.6 Å². The molecule has 0 spiro atoms. The van der Waals surface area contributed by atoms with Crippen LogP contribution in [0.15, 0.2) is 10.6 Å². The van der Waals surface area contributed by atoms with Gasteiger partial charge in [0.1, 0.15) is 5.76 Å². The molecule has 0 unspecified atom stereocenters. The number of nitrogens with zero attached hydrogens (tertiary/aromatic N) is 3. The second-order valence-electron chi connectivity index (χ2n) is 7.07. The maximum Gasteiger partial charge on any atom is 0.245 e. The highest BCUT2D eigenvalue weighted by atomic mass is 35.5. The van der Waals surface area contributed by atoms with E-state index in [2.05, 4.69) is 15.4 Å². The van der Waals surface area contributed by atoms with E-state index in [1.165, 1.54) is 0 Å². The number of rotatable bonds is 8. The summed E-state index contributed by atoms with van der Waals surface area (Å²) in [5, 5.41) is 6.39. The van der Waals surface area contributed by atoms with E-state index in [-0.39, 0.29) is 24.2 Å². The van der Waals surface area contributed by atoms with Crippen molar-refractivity contribution in [1.82, 2.24) is 15.0 Å². The number of hydrogen-bond donors (Lipinski definition) is 1.